The molecule has 0 unspecified atom stereocenters. The number of nitrogens with one attached hydrogen (secondary N) is 1. The third-order valence-electron chi connectivity index (χ3n) is 4.44. The molecule has 1 N–H and O–H groups in total. The minimum Gasteiger partial charge on any atom is -0.435 e. The zero-order valence-electron chi connectivity index (χ0n) is 13.5. The molecule has 8 heteroatoms. The Hall–Kier alpha value is -1.96. The van der Waals surface area contributed by atoms with Crippen LogP contribution in [0, 0.1) is 5.92 Å². The molecular weight excluding hydrogens is 352 g/mol. The van der Waals surface area contributed by atoms with E-state index in [1.165, 1.54) is 6.07 Å². The number of benzene rings is 1. The van der Waals surface area contributed by atoms with E-state index < -0.39 is 16.4 Å². The summed E-state index contributed by atoms with van der Waals surface area (Å²) in [5, 5.41) is 4.09. The molecule has 0 bridgehead atoms. The normalized spacial score (nSPS) is 24.1. The van der Waals surface area contributed by atoms with E-state index in [0.29, 0.717) is 0 Å². The van der Waals surface area contributed by atoms with Crippen molar-refractivity contribution in [2.45, 2.75) is 38.3 Å². The van der Waals surface area contributed by atoms with E-state index in [-0.39, 0.29) is 35.8 Å². The summed E-state index contributed by atoms with van der Waals surface area (Å²) in [6.45, 7) is -2.87. The van der Waals surface area contributed by atoms with Crippen molar-refractivity contribution in [2.75, 3.05) is 5.75 Å². The number of rotatable bonds is 5. The van der Waals surface area contributed by atoms with Crippen LogP contribution in [-0.4, -0.2) is 26.7 Å². The Balaban J connectivity index is 1.65. The maximum Gasteiger partial charge on any atom is 0.387 e. The van der Waals surface area contributed by atoms with Crippen LogP contribution < -0.4 is 10.1 Å². The Morgan fingerprint density at radius 1 is 1.36 bits per heavy atom. The highest BCUT2D eigenvalue weighted by molar-refractivity contribution is 7.94. The monoisotopic (exact) mass is 371 g/mol. The zero-order valence-corrected chi connectivity index (χ0v) is 14.3. The van der Waals surface area contributed by atoms with E-state index in [0.717, 1.165) is 35.8 Å². The largest absolute Gasteiger partial charge is 0.435 e. The lowest BCUT2D eigenvalue weighted by molar-refractivity contribution is -0.122. The lowest BCUT2D eigenvalue weighted by atomic mass is 9.87. The predicted octanol–water partition coefficient (Wildman–Crippen LogP) is 2.73. The number of hydrogen-bond acceptors (Lipinski definition) is 4. The second-order valence-corrected chi connectivity index (χ2v) is 8.30. The summed E-state index contributed by atoms with van der Waals surface area (Å²) in [5.41, 5.74) is 1.79. The maximum absolute atomic E-state index is 12.3. The number of sulfone groups is 1. The first-order chi connectivity index (χ1) is 11.8. The van der Waals surface area contributed by atoms with Gasteiger partial charge in [0.1, 0.15) is 5.75 Å². The number of amides is 1. The molecule has 1 aliphatic heterocycles. The predicted molar refractivity (Wildman–Crippen MR) is 87.9 cm³/mol. The molecule has 1 aliphatic carbocycles. The number of carbonyl (C=O) groups is 1. The smallest absolute Gasteiger partial charge is 0.387 e. The van der Waals surface area contributed by atoms with Gasteiger partial charge in [-0.1, -0.05) is 12.1 Å². The fourth-order valence-corrected chi connectivity index (χ4v) is 4.77. The number of carbonyl (C=O) groups excluding carboxylic acids is 1. The van der Waals surface area contributed by atoms with Crippen molar-refractivity contribution in [3.05, 3.63) is 40.8 Å². The Labute approximate surface area is 145 Å². The first-order valence-corrected chi connectivity index (χ1v) is 9.82. The molecule has 0 fully saturated rings. The molecule has 0 saturated carbocycles. The van der Waals surface area contributed by atoms with Crippen molar-refractivity contribution < 1.29 is 26.7 Å². The molecule has 1 heterocycles. The molecule has 1 amide bonds. The molecule has 3 rings (SSSR count). The van der Waals surface area contributed by atoms with Crippen molar-refractivity contribution >= 4 is 15.7 Å². The van der Waals surface area contributed by atoms with Gasteiger partial charge >= 0.3 is 6.61 Å². The fraction of sp³-hybridized carbons (Fsp3) is 0.471. The van der Waals surface area contributed by atoms with E-state index in [9.17, 15) is 22.0 Å². The summed E-state index contributed by atoms with van der Waals surface area (Å²) in [6.07, 6.45) is 4.00. The summed E-state index contributed by atoms with van der Waals surface area (Å²) in [5.74, 6) is -0.426. The van der Waals surface area contributed by atoms with Crippen LogP contribution in [0.3, 0.4) is 0 Å². The SMILES string of the molecule is O=C(C[C@H]1C=CS(=O)(=O)C1)N[C@@H]1CCCc2cc(OC(F)F)ccc21. The lowest BCUT2D eigenvalue weighted by Crippen LogP contribution is -2.32. The summed E-state index contributed by atoms with van der Waals surface area (Å²) < 4.78 is 51.9. The third kappa shape index (κ3) is 4.56. The van der Waals surface area contributed by atoms with Gasteiger partial charge in [0.25, 0.3) is 0 Å². The number of hydrogen-bond donors (Lipinski definition) is 1. The van der Waals surface area contributed by atoms with Gasteiger partial charge in [0, 0.05) is 17.7 Å². The topological polar surface area (TPSA) is 72.5 Å². The Morgan fingerprint density at radius 2 is 2.16 bits per heavy atom. The van der Waals surface area contributed by atoms with Crippen LogP contribution in [0.25, 0.3) is 0 Å². The van der Waals surface area contributed by atoms with E-state index in [1.807, 2.05) is 0 Å². The Kier molecular flexibility index (Phi) is 5.08. The second kappa shape index (κ2) is 7.11. The van der Waals surface area contributed by atoms with Crippen molar-refractivity contribution in [3.63, 3.8) is 0 Å². The average Bonchev–Trinajstić information content (AvgIpc) is 2.85. The Morgan fingerprint density at radius 3 is 2.84 bits per heavy atom. The molecule has 1 aromatic carbocycles. The van der Waals surface area contributed by atoms with Crippen LogP contribution >= 0.6 is 0 Å². The standard InChI is InChI=1S/C17H19F2NO4S/c18-17(19)24-13-4-5-14-12(9-13)2-1-3-15(14)20-16(21)8-11-6-7-25(22,23)10-11/h4-7,9,11,15,17H,1-3,8,10H2,(H,20,21)/t11-,15-/m1/s1. The van der Waals surface area contributed by atoms with E-state index in [2.05, 4.69) is 10.1 Å². The summed E-state index contributed by atoms with van der Waals surface area (Å²) in [7, 11) is -3.17. The molecule has 0 aromatic heterocycles. The molecule has 0 spiro atoms. The maximum atomic E-state index is 12.3. The van der Waals surface area contributed by atoms with Gasteiger partial charge in [-0.3, -0.25) is 4.79 Å². The van der Waals surface area contributed by atoms with Crippen molar-refractivity contribution in [2.24, 2.45) is 5.92 Å². The van der Waals surface area contributed by atoms with E-state index in [1.54, 1.807) is 18.2 Å². The molecular formula is C17H19F2NO4S. The van der Waals surface area contributed by atoms with Gasteiger partial charge in [-0.2, -0.15) is 8.78 Å². The number of halogens is 2. The molecule has 2 atom stereocenters. The second-order valence-electron chi connectivity index (χ2n) is 6.37. The lowest BCUT2D eigenvalue weighted by Gasteiger charge is -2.27. The van der Waals surface area contributed by atoms with Crippen molar-refractivity contribution in [1.29, 1.82) is 0 Å². The number of allylic oxidation sites excluding steroid dienone is 1. The number of fused-ring (bicyclic) bond motifs is 1. The first kappa shape index (κ1) is 17.8. The summed E-state index contributed by atoms with van der Waals surface area (Å²) in [4.78, 5) is 12.2. The fourth-order valence-electron chi connectivity index (χ4n) is 3.38. The highest BCUT2D eigenvalue weighted by atomic mass is 32.2. The van der Waals surface area contributed by atoms with Gasteiger partial charge in [-0.25, -0.2) is 8.42 Å². The summed E-state index contributed by atoms with van der Waals surface area (Å²) in [6, 6.07) is 4.57. The molecule has 2 aliphatic rings. The van der Waals surface area contributed by atoms with Gasteiger partial charge in [0.2, 0.25) is 5.91 Å². The number of alkyl halides is 2. The minimum atomic E-state index is -3.17. The van der Waals surface area contributed by atoms with Gasteiger partial charge in [0.05, 0.1) is 11.8 Å². The van der Waals surface area contributed by atoms with Gasteiger partial charge in [0.15, 0.2) is 9.84 Å². The third-order valence-corrected chi connectivity index (χ3v) is 5.91. The highest BCUT2D eigenvalue weighted by Crippen LogP contribution is 2.33. The molecule has 0 saturated heterocycles. The average molecular weight is 371 g/mol. The highest BCUT2D eigenvalue weighted by Gasteiger charge is 2.27. The van der Waals surface area contributed by atoms with Crippen LogP contribution in [0.1, 0.15) is 36.4 Å². The van der Waals surface area contributed by atoms with Crippen LogP contribution in [0.4, 0.5) is 8.78 Å². The number of ether oxygens (including phenoxy) is 1. The Bertz CT molecular complexity index is 792. The molecule has 25 heavy (non-hydrogen) atoms. The molecule has 136 valence electrons. The molecule has 5 nitrogen and oxygen atoms in total. The summed E-state index contributed by atoms with van der Waals surface area (Å²) >= 11 is 0. The zero-order chi connectivity index (χ0) is 18.0. The van der Waals surface area contributed by atoms with Crippen LogP contribution in [0.5, 0.6) is 5.75 Å². The van der Waals surface area contributed by atoms with E-state index >= 15 is 0 Å². The molecule has 0 radical (unpaired) electrons. The van der Waals surface area contributed by atoms with Crippen molar-refractivity contribution in [3.8, 4) is 5.75 Å². The van der Waals surface area contributed by atoms with Gasteiger partial charge in [-0.05, 0) is 42.5 Å². The van der Waals surface area contributed by atoms with Crippen LogP contribution in [0.2, 0.25) is 0 Å². The quantitative estimate of drug-likeness (QED) is 0.864. The van der Waals surface area contributed by atoms with Gasteiger partial charge < -0.3 is 10.1 Å². The molecule has 1 aromatic rings. The van der Waals surface area contributed by atoms with Crippen LogP contribution in [0.15, 0.2) is 29.7 Å². The minimum absolute atomic E-state index is 0.0317. The number of aryl methyl sites for hydroxylation is 1. The van der Waals surface area contributed by atoms with Gasteiger partial charge in [-0.15, -0.1) is 0 Å². The van der Waals surface area contributed by atoms with E-state index in [4.69, 9.17) is 0 Å². The van der Waals surface area contributed by atoms with Crippen LogP contribution in [-0.2, 0) is 21.1 Å². The van der Waals surface area contributed by atoms with Crippen molar-refractivity contribution in [1.82, 2.24) is 5.32 Å². The first-order valence-electron chi connectivity index (χ1n) is 8.10.